The first kappa shape index (κ1) is 17.3. The summed E-state index contributed by atoms with van der Waals surface area (Å²) in [6, 6.07) is 8.84. The number of hydrogen-bond donors (Lipinski definition) is 0. The first-order valence-corrected chi connectivity index (χ1v) is 12.6. The summed E-state index contributed by atoms with van der Waals surface area (Å²) in [6.45, 7) is 13.8. The van der Waals surface area contributed by atoms with Crippen molar-refractivity contribution in [1.82, 2.24) is 0 Å². The molecule has 0 N–H and O–H groups in total. The maximum Gasteiger partial charge on any atom is 0.250 e. The maximum atomic E-state index is 6.37. The summed E-state index contributed by atoms with van der Waals surface area (Å²) < 4.78 is 6.58. The highest BCUT2D eigenvalue weighted by atomic mass is 32.2. The zero-order chi connectivity index (χ0) is 15.7. The Morgan fingerprint density at radius 1 is 1.05 bits per heavy atom. The van der Waals surface area contributed by atoms with Gasteiger partial charge in [0.25, 0.3) is 0 Å². The van der Waals surface area contributed by atoms with Crippen LogP contribution < -0.4 is 4.43 Å². The zero-order valence-electron chi connectivity index (χ0n) is 14.2. The van der Waals surface area contributed by atoms with Gasteiger partial charge < -0.3 is 4.43 Å². The molecule has 0 radical (unpaired) electrons. The van der Waals surface area contributed by atoms with Crippen molar-refractivity contribution in [2.24, 2.45) is 0 Å². The van der Waals surface area contributed by atoms with E-state index in [4.69, 9.17) is 4.43 Å². The minimum Gasteiger partial charge on any atom is -0.544 e. The minimum atomic E-state index is -1.73. The standard InChI is InChI=1S/C17H28OS2Si/c1-16(2,3)21(5,6)18-15-10-8-14(9-11-15)17(4)19-12-7-13-20-17/h8-11H,7,12-13H2,1-6H3. The largest absolute Gasteiger partial charge is 0.544 e. The lowest BCUT2D eigenvalue weighted by molar-refractivity contribution is 0.492. The quantitative estimate of drug-likeness (QED) is 0.614. The molecule has 0 aromatic heterocycles. The SMILES string of the molecule is CC1(c2ccc(O[Si](C)(C)C(C)(C)C)cc2)SCCCS1. The Labute approximate surface area is 139 Å². The second-order valence-electron chi connectivity index (χ2n) is 7.38. The van der Waals surface area contributed by atoms with Gasteiger partial charge in [0.1, 0.15) is 5.75 Å². The summed E-state index contributed by atoms with van der Waals surface area (Å²) >= 11 is 4.15. The van der Waals surface area contributed by atoms with Crippen LogP contribution in [-0.4, -0.2) is 19.8 Å². The molecule has 0 saturated carbocycles. The molecule has 0 spiro atoms. The van der Waals surface area contributed by atoms with E-state index in [9.17, 15) is 0 Å². The average Bonchev–Trinajstić information content (AvgIpc) is 2.38. The molecule has 118 valence electrons. The van der Waals surface area contributed by atoms with E-state index in [-0.39, 0.29) is 9.12 Å². The second kappa shape index (κ2) is 6.21. The summed E-state index contributed by atoms with van der Waals surface area (Å²) in [5.74, 6) is 3.57. The van der Waals surface area contributed by atoms with Crippen molar-refractivity contribution in [3.63, 3.8) is 0 Å². The lowest BCUT2D eigenvalue weighted by Crippen LogP contribution is -2.43. The van der Waals surface area contributed by atoms with E-state index in [1.54, 1.807) is 0 Å². The van der Waals surface area contributed by atoms with Crippen molar-refractivity contribution in [2.75, 3.05) is 11.5 Å². The van der Waals surface area contributed by atoms with Gasteiger partial charge in [0.2, 0.25) is 8.32 Å². The van der Waals surface area contributed by atoms with Crippen LogP contribution in [-0.2, 0) is 4.08 Å². The van der Waals surface area contributed by atoms with Gasteiger partial charge in [-0.1, -0.05) is 32.9 Å². The molecule has 1 aromatic carbocycles. The highest BCUT2D eigenvalue weighted by Gasteiger charge is 2.39. The molecule has 0 atom stereocenters. The molecule has 1 aliphatic heterocycles. The van der Waals surface area contributed by atoms with Crippen LogP contribution in [0.2, 0.25) is 18.1 Å². The molecule has 21 heavy (non-hydrogen) atoms. The van der Waals surface area contributed by atoms with E-state index < -0.39 is 8.32 Å². The first-order chi connectivity index (χ1) is 9.64. The summed E-state index contributed by atoms with van der Waals surface area (Å²) in [6.07, 6.45) is 1.33. The van der Waals surface area contributed by atoms with Crippen molar-refractivity contribution >= 4 is 31.8 Å². The highest BCUT2D eigenvalue weighted by molar-refractivity contribution is 8.18. The van der Waals surface area contributed by atoms with Crippen molar-refractivity contribution < 1.29 is 4.43 Å². The number of benzene rings is 1. The van der Waals surface area contributed by atoms with Gasteiger partial charge in [-0.3, -0.25) is 0 Å². The first-order valence-electron chi connectivity index (χ1n) is 7.72. The Balaban J connectivity index is 2.12. The maximum absolute atomic E-state index is 6.37. The van der Waals surface area contributed by atoms with Gasteiger partial charge in [-0.25, -0.2) is 0 Å². The van der Waals surface area contributed by atoms with E-state index >= 15 is 0 Å². The van der Waals surface area contributed by atoms with Crippen LogP contribution >= 0.6 is 23.5 Å². The second-order valence-corrected chi connectivity index (χ2v) is 15.4. The smallest absolute Gasteiger partial charge is 0.250 e. The molecule has 1 saturated heterocycles. The molecular weight excluding hydrogens is 312 g/mol. The average molecular weight is 341 g/mol. The number of thioether (sulfide) groups is 2. The van der Waals surface area contributed by atoms with Gasteiger partial charge in [-0.15, -0.1) is 23.5 Å². The third-order valence-corrected chi connectivity index (χ3v) is 12.2. The Morgan fingerprint density at radius 2 is 1.57 bits per heavy atom. The fourth-order valence-corrected chi connectivity index (χ4v) is 6.08. The van der Waals surface area contributed by atoms with Gasteiger partial charge in [0, 0.05) is 0 Å². The molecule has 4 heteroatoms. The van der Waals surface area contributed by atoms with Gasteiger partial charge in [0.15, 0.2) is 0 Å². The summed E-state index contributed by atoms with van der Waals surface area (Å²) in [5, 5.41) is 0.243. The summed E-state index contributed by atoms with van der Waals surface area (Å²) in [5.41, 5.74) is 1.42. The molecule has 1 aromatic rings. The molecule has 0 unspecified atom stereocenters. The predicted molar refractivity (Wildman–Crippen MR) is 101 cm³/mol. The van der Waals surface area contributed by atoms with Gasteiger partial charge in [-0.05, 0) is 60.7 Å². The normalized spacial score (nSPS) is 19.3. The molecule has 1 fully saturated rings. The molecule has 1 heterocycles. The lowest BCUT2D eigenvalue weighted by Gasteiger charge is -2.37. The van der Waals surface area contributed by atoms with Crippen LogP contribution in [0.15, 0.2) is 24.3 Å². The van der Waals surface area contributed by atoms with Gasteiger partial charge in [-0.2, -0.15) is 0 Å². The fourth-order valence-electron chi connectivity index (χ4n) is 2.07. The highest BCUT2D eigenvalue weighted by Crippen LogP contribution is 2.50. The molecule has 0 bridgehead atoms. The number of hydrogen-bond acceptors (Lipinski definition) is 3. The van der Waals surface area contributed by atoms with Crippen molar-refractivity contribution in [3.8, 4) is 5.75 Å². The Bertz CT molecular complexity index is 471. The van der Waals surface area contributed by atoms with E-state index in [0.717, 1.165) is 5.75 Å². The van der Waals surface area contributed by atoms with E-state index in [1.165, 1.54) is 23.5 Å². The monoisotopic (exact) mass is 340 g/mol. The van der Waals surface area contributed by atoms with E-state index in [2.05, 4.69) is 88.6 Å². The van der Waals surface area contributed by atoms with E-state index in [1.807, 2.05) is 0 Å². The van der Waals surface area contributed by atoms with Crippen LogP contribution in [0, 0.1) is 0 Å². The van der Waals surface area contributed by atoms with Crippen LogP contribution in [0.25, 0.3) is 0 Å². The van der Waals surface area contributed by atoms with Gasteiger partial charge in [0.05, 0.1) is 4.08 Å². The predicted octanol–water partition coefficient (Wildman–Crippen LogP) is 6.11. The lowest BCUT2D eigenvalue weighted by atomic mass is 10.1. The van der Waals surface area contributed by atoms with Crippen LogP contribution in [0.1, 0.15) is 39.7 Å². The van der Waals surface area contributed by atoms with Crippen molar-refractivity contribution in [2.45, 2.75) is 56.3 Å². The Hall–Kier alpha value is -0.0631. The fraction of sp³-hybridized carbons (Fsp3) is 0.647. The Kier molecular flexibility index (Phi) is 5.11. The molecule has 2 rings (SSSR count). The van der Waals surface area contributed by atoms with Gasteiger partial charge >= 0.3 is 0 Å². The van der Waals surface area contributed by atoms with Crippen molar-refractivity contribution in [1.29, 1.82) is 0 Å². The zero-order valence-corrected chi connectivity index (χ0v) is 16.8. The topological polar surface area (TPSA) is 9.23 Å². The molecule has 1 aliphatic rings. The number of rotatable bonds is 3. The van der Waals surface area contributed by atoms with E-state index in [0.29, 0.717) is 0 Å². The van der Waals surface area contributed by atoms with Crippen molar-refractivity contribution in [3.05, 3.63) is 29.8 Å². The summed E-state index contributed by atoms with van der Waals surface area (Å²) in [4.78, 5) is 0. The molecule has 0 amide bonds. The third-order valence-electron chi connectivity index (χ3n) is 4.60. The molecular formula is C17H28OS2Si. The molecule has 1 nitrogen and oxygen atoms in total. The summed E-state index contributed by atoms with van der Waals surface area (Å²) in [7, 11) is -1.73. The third kappa shape index (κ3) is 4.02. The minimum absolute atomic E-state index is 0.216. The van der Waals surface area contributed by atoms with Crippen LogP contribution in [0.4, 0.5) is 0 Å². The van der Waals surface area contributed by atoms with Crippen LogP contribution in [0.3, 0.4) is 0 Å². The van der Waals surface area contributed by atoms with Crippen LogP contribution in [0.5, 0.6) is 5.75 Å². The Morgan fingerprint density at radius 3 is 2.05 bits per heavy atom. The molecule has 0 aliphatic carbocycles.